The molecule has 1 aromatic heterocycles. The number of halogens is 2. The van der Waals surface area contributed by atoms with Crippen LogP contribution < -0.4 is 9.74 Å². The number of hydrogen-bond donors (Lipinski definition) is 0. The molecule has 0 spiro atoms. The van der Waals surface area contributed by atoms with Crippen LogP contribution in [0.2, 0.25) is 10.0 Å². The standard InChI is InChI=1S/C16H10Cl2N2O4S/c17-14-10-19-20(16(21)15(14)18)11-6-8-13(9-7-11)25(22,23)24-12-4-2-1-3-5-12/h1-10H. The Hall–Kier alpha value is -2.35. The minimum atomic E-state index is -3.99. The second kappa shape index (κ2) is 6.87. The van der Waals surface area contributed by atoms with Crippen molar-refractivity contribution < 1.29 is 12.6 Å². The van der Waals surface area contributed by atoms with E-state index in [-0.39, 0.29) is 20.7 Å². The predicted molar refractivity (Wildman–Crippen MR) is 94.1 cm³/mol. The van der Waals surface area contributed by atoms with Crippen molar-refractivity contribution in [2.75, 3.05) is 0 Å². The smallest absolute Gasteiger partial charge is 0.339 e. The van der Waals surface area contributed by atoms with E-state index in [0.29, 0.717) is 5.69 Å². The second-order valence-corrected chi connectivity index (χ2v) is 7.20. The van der Waals surface area contributed by atoms with Crippen LogP contribution in [-0.4, -0.2) is 18.2 Å². The Morgan fingerprint density at radius 3 is 2.24 bits per heavy atom. The van der Waals surface area contributed by atoms with Gasteiger partial charge in [0.25, 0.3) is 5.56 Å². The summed E-state index contributed by atoms with van der Waals surface area (Å²) in [5.41, 5.74) is -0.271. The average molecular weight is 397 g/mol. The van der Waals surface area contributed by atoms with Crippen LogP contribution in [0.1, 0.15) is 0 Å². The van der Waals surface area contributed by atoms with Crippen molar-refractivity contribution >= 4 is 33.3 Å². The highest BCUT2D eigenvalue weighted by atomic mass is 35.5. The van der Waals surface area contributed by atoms with E-state index in [0.717, 1.165) is 4.68 Å². The van der Waals surface area contributed by atoms with Gasteiger partial charge in [0.05, 0.1) is 16.9 Å². The molecule has 128 valence electrons. The number of benzene rings is 2. The first-order valence-corrected chi connectivity index (χ1v) is 9.08. The van der Waals surface area contributed by atoms with Crippen LogP contribution in [0.25, 0.3) is 5.69 Å². The predicted octanol–water partition coefficient (Wildman–Crippen LogP) is 3.31. The molecule has 0 unspecified atom stereocenters. The molecule has 0 saturated carbocycles. The summed E-state index contributed by atoms with van der Waals surface area (Å²) < 4.78 is 30.6. The van der Waals surface area contributed by atoms with Crippen LogP contribution in [-0.2, 0) is 10.1 Å². The highest BCUT2D eigenvalue weighted by Gasteiger charge is 2.17. The van der Waals surface area contributed by atoms with Gasteiger partial charge in [-0.3, -0.25) is 4.79 Å². The maximum Gasteiger partial charge on any atom is 0.339 e. The summed E-state index contributed by atoms with van der Waals surface area (Å²) >= 11 is 11.5. The molecule has 0 fully saturated rings. The van der Waals surface area contributed by atoms with Gasteiger partial charge >= 0.3 is 10.1 Å². The fourth-order valence-corrected chi connectivity index (χ4v) is 3.18. The number of rotatable bonds is 4. The molecule has 0 amide bonds. The Labute approximate surface area is 153 Å². The fourth-order valence-electron chi connectivity index (χ4n) is 2.00. The zero-order chi connectivity index (χ0) is 18.0. The molecule has 3 aromatic rings. The second-order valence-electron chi connectivity index (χ2n) is 4.87. The molecule has 0 atom stereocenters. The normalized spacial score (nSPS) is 11.3. The van der Waals surface area contributed by atoms with E-state index < -0.39 is 15.7 Å². The lowest BCUT2D eigenvalue weighted by molar-refractivity contribution is 0.486. The van der Waals surface area contributed by atoms with E-state index >= 15 is 0 Å². The van der Waals surface area contributed by atoms with Gasteiger partial charge in [-0.1, -0.05) is 41.4 Å². The summed E-state index contributed by atoms with van der Waals surface area (Å²) in [5, 5.41) is 3.75. The van der Waals surface area contributed by atoms with Crippen LogP contribution in [0.3, 0.4) is 0 Å². The van der Waals surface area contributed by atoms with Crippen molar-refractivity contribution in [1.29, 1.82) is 0 Å². The van der Waals surface area contributed by atoms with E-state index in [1.54, 1.807) is 18.2 Å². The van der Waals surface area contributed by atoms with Gasteiger partial charge in [-0.2, -0.15) is 18.2 Å². The van der Waals surface area contributed by atoms with E-state index in [2.05, 4.69) is 5.10 Å². The van der Waals surface area contributed by atoms with Crippen LogP contribution in [0, 0.1) is 0 Å². The number of aromatic nitrogens is 2. The van der Waals surface area contributed by atoms with Gasteiger partial charge < -0.3 is 4.18 Å². The summed E-state index contributed by atoms with van der Waals surface area (Å²) in [6.45, 7) is 0. The van der Waals surface area contributed by atoms with Gasteiger partial charge in [-0.25, -0.2) is 0 Å². The highest BCUT2D eigenvalue weighted by molar-refractivity contribution is 7.87. The van der Waals surface area contributed by atoms with E-state index in [4.69, 9.17) is 27.4 Å². The van der Waals surface area contributed by atoms with Gasteiger partial charge in [0, 0.05) is 0 Å². The molecular formula is C16H10Cl2N2O4S. The summed E-state index contributed by atoms with van der Waals surface area (Å²) in [5.74, 6) is 0.203. The minimum Gasteiger partial charge on any atom is -0.379 e. The fraction of sp³-hybridized carbons (Fsp3) is 0. The van der Waals surface area contributed by atoms with Crippen molar-refractivity contribution in [2.24, 2.45) is 0 Å². The molecule has 3 rings (SSSR count). The lowest BCUT2D eigenvalue weighted by Gasteiger charge is -2.09. The number of para-hydroxylation sites is 1. The topological polar surface area (TPSA) is 78.3 Å². The SMILES string of the molecule is O=c1c(Cl)c(Cl)cnn1-c1ccc(S(=O)(=O)Oc2ccccc2)cc1. The molecule has 0 saturated heterocycles. The first-order chi connectivity index (χ1) is 11.9. The van der Waals surface area contributed by atoms with Crippen molar-refractivity contribution in [2.45, 2.75) is 4.90 Å². The van der Waals surface area contributed by atoms with Crippen LogP contribution >= 0.6 is 23.2 Å². The van der Waals surface area contributed by atoms with Crippen molar-refractivity contribution in [3.63, 3.8) is 0 Å². The Bertz CT molecular complexity index is 1070. The third-order valence-electron chi connectivity index (χ3n) is 3.20. The molecular weight excluding hydrogens is 387 g/mol. The van der Waals surface area contributed by atoms with Crippen molar-refractivity contribution in [1.82, 2.24) is 9.78 Å². The van der Waals surface area contributed by atoms with Gasteiger partial charge in [-0.15, -0.1) is 0 Å². The lowest BCUT2D eigenvalue weighted by atomic mass is 10.3. The number of hydrogen-bond acceptors (Lipinski definition) is 5. The zero-order valence-corrected chi connectivity index (χ0v) is 14.8. The van der Waals surface area contributed by atoms with E-state index in [9.17, 15) is 13.2 Å². The van der Waals surface area contributed by atoms with Gasteiger partial charge in [-0.05, 0) is 36.4 Å². The van der Waals surface area contributed by atoms with Gasteiger partial charge in [0.1, 0.15) is 15.7 Å². The Balaban J connectivity index is 1.93. The molecule has 0 N–H and O–H groups in total. The van der Waals surface area contributed by atoms with Crippen LogP contribution in [0.5, 0.6) is 5.75 Å². The quantitative estimate of drug-likeness (QED) is 0.632. The van der Waals surface area contributed by atoms with Gasteiger partial charge in [0.15, 0.2) is 0 Å². The van der Waals surface area contributed by atoms with Gasteiger partial charge in [0.2, 0.25) is 0 Å². The van der Waals surface area contributed by atoms with Crippen molar-refractivity contribution in [3.05, 3.63) is 81.2 Å². The van der Waals surface area contributed by atoms with E-state index in [1.807, 2.05) is 0 Å². The van der Waals surface area contributed by atoms with Crippen LogP contribution in [0.15, 0.2) is 70.5 Å². The maximum absolute atomic E-state index is 12.3. The highest BCUT2D eigenvalue weighted by Crippen LogP contribution is 2.20. The lowest BCUT2D eigenvalue weighted by Crippen LogP contribution is -2.21. The molecule has 0 bridgehead atoms. The molecule has 0 aliphatic rings. The molecule has 6 nitrogen and oxygen atoms in total. The summed E-state index contributed by atoms with van der Waals surface area (Å²) in [6.07, 6.45) is 1.23. The largest absolute Gasteiger partial charge is 0.379 e. The van der Waals surface area contributed by atoms with Crippen molar-refractivity contribution in [3.8, 4) is 11.4 Å². The summed E-state index contributed by atoms with van der Waals surface area (Å²) in [7, 11) is -3.99. The molecule has 2 aromatic carbocycles. The monoisotopic (exact) mass is 396 g/mol. The van der Waals surface area contributed by atoms with Crippen LogP contribution in [0.4, 0.5) is 0 Å². The Morgan fingerprint density at radius 1 is 0.960 bits per heavy atom. The van der Waals surface area contributed by atoms with E-state index in [1.165, 1.54) is 42.6 Å². The summed E-state index contributed by atoms with van der Waals surface area (Å²) in [6, 6.07) is 13.6. The molecule has 9 heteroatoms. The summed E-state index contributed by atoms with van der Waals surface area (Å²) in [4.78, 5) is 12.0. The minimum absolute atomic E-state index is 0.0402. The average Bonchev–Trinajstić information content (AvgIpc) is 2.60. The molecule has 0 aliphatic carbocycles. The Kier molecular flexibility index (Phi) is 4.80. The Morgan fingerprint density at radius 2 is 1.60 bits per heavy atom. The third kappa shape index (κ3) is 3.68. The third-order valence-corrected chi connectivity index (χ3v) is 5.21. The zero-order valence-electron chi connectivity index (χ0n) is 12.5. The molecule has 0 aliphatic heterocycles. The molecule has 0 radical (unpaired) electrons. The molecule has 25 heavy (non-hydrogen) atoms. The maximum atomic E-state index is 12.3. The first-order valence-electron chi connectivity index (χ1n) is 6.92. The first kappa shape index (κ1) is 17.5. The number of nitrogens with zero attached hydrogens (tertiary/aromatic N) is 2. The molecule has 1 heterocycles.